The molecule has 0 spiro atoms. The highest BCUT2D eigenvalue weighted by Crippen LogP contribution is 2.21. The van der Waals surface area contributed by atoms with Crippen molar-refractivity contribution in [2.75, 3.05) is 7.11 Å². The lowest BCUT2D eigenvalue weighted by Crippen LogP contribution is -2.12. The molecule has 0 radical (unpaired) electrons. The van der Waals surface area contributed by atoms with Crippen LogP contribution in [-0.4, -0.2) is 18.1 Å². The Kier molecular flexibility index (Phi) is 2.40. The van der Waals surface area contributed by atoms with Crippen molar-refractivity contribution >= 4 is 5.97 Å². The Morgan fingerprint density at radius 2 is 2.15 bits per heavy atom. The molecule has 1 aromatic rings. The van der Waals surface area contributed by atoms with Gasteiger partial charge in [0, 0.05) is 5.41 Å². The summed E-state index contributed by atoms with van der Waals surface area (Å²) < 4.78 is 9.64. The first-order valence-electron chi connectivity index (χ1n) is 3.99. The van der Waals surface area contributed by atoms with Crippen LogP contribution >= 0.6 is 0 Å². The molecule has 0 saturated heterocycles. The lowest BCUT2D eigenvalue weighted by Gasteiger charge is -2.11. The first-order chi connectivity index (χ1) is 5.95. The van der Waals surface area contributed by atoms with Crippen molar-refractivity contribution in [3.8, 4) is 0 Å². The molecule has 0 aliphatic heterocycles. The van der Waals surface area contributed by atoms with Gasteiger partial charge in [0.15, 0.2) is 11.6 Å². The molecule has 0 aromatic carbocycles. The van der Waals surface area contributed by atoms with Gasteiger partial charge in [0.05, 0.1) is 7.11 Å². The van der Waals surface area contributed by atoms with Crippen LogP contribution in [0.3, 0.4) is 0 Å². The average Bonchev–Trinajstić information content (AvgIpc) is 2.50. The molecule has 0 N–H and O–H groups in total. The molecule has 0 atom stereocenters. The Labute approximate surface area is 76.9 Å². The van der Waals surface area contributed by atoms with Gasteiger partial charge >= 0.3 is 5.97 Å². The maximum absolute atomic E-state index is 11.0. The predicted molar refractivity (Wildman–Crippen MR) is 46.5 cm³/mol. The second kappa shape index (κ2) is 3.20. The summed E-state index contributed by atoms with van der Waals surface area (Å²) in [7, 11) is 1.31. The van der Waals surface area contributed by atoms with Gasteiger partial charge in [-0.15, -0.1) is 0 Å². The van der Waals surface area contributed by atoms with E-state index in [1.807, 2.05) is 20.8 Å². The van der Waals surface area contributed by atoms with Crippen LogP contribution in [0, 0.1) is 0 Å². The summed E-state index contributed by atoms with van der Waals surface area (Å²) in [5.74, 6) is 0.0622. The zero-order chi connectivity index (χ0) is 10.1. The van der Waals surface area contributed by atoms with E-state index in [1.54, 1.807) is 0 Å². The highest BCUT2D eigenvalue weighted by Gasteiger charge is 2.22. The van der Waals surface area contributed by atoms with Crippen molar-refractivity contribution in [3.63, 3.8) is 0 Å². The number of ether oxygens (including phenoxy) is 1. The fourth-order valence-electron chi connectivity index (χ4n) is 0.817. The summed E-state index contributed by atoms with van der Waals surface area (Å²) >= 11 is 0. The van der Waals surface area contributed by atoms with E-state index >= 15 is 0 Å². The molecule has 4 nitrogen and oxygen atoms in total. The van der Waals surface area contributed by atoms with Crippen LogP contribution in [0.5, 0.6) is 0 Å². The molecule has 1 heterocycles. The van der Waals surface area contributed by atoms with Gasteiger partial charge < -0.3 is 9.15 Å². The second-order valence-electron chi connectivity index (χ2n) is 3.78. The van der Waals surface area contributed by atoms with E-state index in [1.165, 1.54) is 13.4 Å². The molecule has 0 amide bonds. The average molecular weight is 183 g/mol. The predicted octanol–water partition coefficient (Wildman–Crippen LogP) is 1.76. The minimum Gasteiger partial charge on any atom is -0.464 e. The smallest absolute Gasteiger partial charge is 0.360 e. The largest absolute Gasteiger partial charge is 0.464 e. The summed E-state index contributed by atoms with van der Waals surface area (Å²) in [6, 6.07) is 0. The number of carbonyl (C=O) groups is 1. The van der Waals surface area contributed by atoms with Gasteiger partial charge in [-0.05, 0) is 0 Å². The minimum absolute atomic E-state index is 0.188. The number of carbonyl (C=O) groups excluding carboxylic acids is 1. The van der Waals surface area contributed by atoms with Crippen LogP contribution < -0.4 is 0 Å². The van der Waals surface area contributed by atoms with Crippen molar-refractivity contribution in [2.24, 2.45) is 0 Å². The summed E-state index contributed by atoms with van der Waals surface area (Å²) in [5.41, 5.74) is 0.0270. The Morgan fingerprint density at radius 3 is 2.54 bits per heavy atom. The summed E-state index contributed by atoms with van der Waals surface area (Å²) in [5, 5.41) is 0. The topological polar surface area (TPSA) is 52.3 Å². The maximum Gasteiger partial charge on any atom is 0.360 e. The van der Waals surface area contributed by atoms with Gasteiger partial charge in [0.2, 0.25) is 0 Å². The molecule has 0 fully saturated rings. The quantitative estimate of drug-likeness (QED) is 0.622. The number of aromatic nitrogens is 1. The second-order valence-corrected chi connectivity index (χ2v) is 3.78. The van der Waals surface area contributed by atoms with Gasteiger partial charge in [-0.3, -0.25) is 0 Å². The summed E-state index contributed by atoms with van der Waals surface area (Å²) in [6.45, 7) is 5.87. The van der Waals surface area contributed by atoms with Crippen LogP contribution in [0.4, 0.5) is 0 Å². The first kappa shape index (κ1) is 9.77. The highest BCUT2D eigenvalue weighted by atomic mass is 16.5. The standard InChI is InChI=1S/C9H13NO3/c1-9(2,3)8-10-6(5-13-8)7(11)12-4/h5H,1-4H3. The van der Waals surface area contributed by atoms with Crippen LogP contribution in [0.15, 0.2) is 10.7 Å². The molecule has 1 aromatic heterocycles. The van der Waals surface area contributed by atoms with E-state index in [0.29, 0.717) is 5.89 Å². The Morgan fingerprint density at radius 1 is 1.54 bits per heavy atom. The zero-order valence-corrected chi connectivity index (χ0v) is 8.25. The lowest BCUT2D eigenvalue weighted by atomic mass is 9.97. The van der Waals surface area contributed by atoms with E-state index in [0.717, 1.165) is 0 Å². The van der Waals surface area contributed by atoms with Crippen molar-refractivity contribution < 1.29 is 13.9 Å². The Balaban J connectivity index is 2.93. The molecule has 0 unspecified atom stereocenters. The maximum atomic E-state index is 11.0. The van der Waals surface area contributed by atoms with Gasteiger partial charge in [-0.1, -0.05) is 20.8 Å². The molecule has 0 aliphatic rings. The fourth-order valence-corrected chi connectivity index (χ4v) is 0.817. The number of hydrogen-bond acceptors (Lipinski definition) is 4. The van der Waals surface area contributed by atoms with Crippen LogP contribution in [0.1, 0.15) is 37.2 Å². The van der Waals surface area contributed by atoms with Crippen LogP contribution in [-0.2, 0) is 10.2 Å². The molecule has 1 rings (SSSR count). The van der Waals surface area contributed by atoms with Gasteiger partial charge in [-0.2, -0.15) is 0 Å². The van der Waals surface area contributed by atoms with Crippen LogP contribution in [0.2, 0.25) is 0 Å². The fraction of sp³-hybridized carbons (Fsp3) is 0.556. The molecule has 4 heteroatoms. The van der Waals surface area contributed by atoms with Gasteiger partial charge in [0.25, 0.3) is 0 Å². The van der Waals surface area contributed by atoms with Crippen LogP contribution in [0.25, 0.3) is 0 Å². The number of rotatable bonds is 1. The molecule has 72 valence electrons. The Bertz CT molecular complexity index is 309. The van der Waals surface area contributed by atoms with E-state index in [2.05, 4.69) is 9.72 Å². The van der Waals surface area contributed by atoms with Crippen molar-refractivity contribution in [1.82, 2.24) is 4.98 Å². The number of hydrogen-bond donors (Lipinski definition) is 0. The SMILES string of the molecule is COC(=O)c1coc(C(C)(C)C)n1. The number of esters is 1. The highest BCUT2D eigenvalue weighted by molar-refractivity contribution is 5.86. The van der Waals surface area contributed by atoms with E-state index in [9.17, 15) is 4.79 Å². The normalized spacial score (nSPS) is 11.4. The van der Waals surface area contributed by atoms with E-state index in [-0.39, 0.29) is 11.1 Å². The summed E-state index contributed by atoms with van der Waals surface area (Å²) in [6.07, 6.45) is 1.31. The molecule has 0 saturated carbocycles. The van der Waals surface area contributed by atoms with Crippen molar-refractivity contribution in [2.45, 2.75) is 26.2 Å². The third-order valence-electron chi connectivity index (χ3n) is 1.54. The molecule has 0 aliphatic carbocycles. The molecule has 0 bridgehead atoms. The minimum atomic E-state index is -0.473. The third kappa shape index (κ3) is 2.08. The number of nitrogens with zero attached hydrogens (tertiary/aromatic N) is 1. The number of oxazole rings is 1. The monoisotopic (exact) mass is 183 g/mol. The molecular weight excluding hydrogens is 170 g/mol. The number of methoxy groups -OCH3 is 1. The van der Waals surface area contributed by atoms with Gasteiger partial charge in [-0.25, -0.2) is 9.78 Å². The zero-order valence-electron chi connectivity index (χ0n) is 8.25. The lowest BCUT2D eigenvalue weighted by molar-refractivity contribution is 0.0594. The van der Waals surface area contributed by atoms with Crippen molar-refractivity contribution in [1.29, 1.82) is 0 Å². The Hall–Kier alpha value is -1.32. The van der Waals surface area contributed by atoms with Crippen molar-refractivity contribution in [3.05, 3.63) is 17.8 Å². The summed E-state index contributed by atoms with van der Waals surface area (Å²) in [4.78, 5) is 15.0. The molecular formula is C9H13NO3. The first-order valence-corrected chi connectivity index (χ1v) is 3.99. The van der Waals surface area contributed by atoms with E-state index in [4.69, 9.17) is 4.42 Å². The third-order valence-corrected chi connectivity index (χ3v) is 1.54. The van der Waals surface area contributed by atoms with Gasteiger partial charge in [0.1, 0.15) is 6.26 Å². The van der Waals surface area contributed by atoms with E-state index < -0.39 is 5.97 Å². The molecule has 13 heavy (non-hydrogen) atoms.